The second kappa shape index (κ2) is 9.10. The molecule has 23 heavy (non-hydrogen) atoms. The van der Waals surface area contributed by atoms with E-state index in [1.54, 1.807) is 0 Å². The van der Waals surface area contributed by atoms with Crippen LogP contribution in [-0.2, 0) is 4.79 Å². The van der Waals surface area contributed by atoms with Crippen molar-refractivity contribution >= 4 is 23.0 Å². The number of hydrogen-bond donors (Lipinski definition) is 1. The normalized spacial score (nSPS) is 10.3. The number of Topliss-reactive ketones (excluding diaryl/α,β-unsaturated/α-hetero) is 1. The predicted molar refractivity (Wildman–Crippen MR) is 92.2 cm³/mol. The number of amides is 1. The molecule has 1 heterocycles. The SMILES string of the molecule is Cc1ccc(C(=O)CCC(=O)NCCCOc2ccccc2)s1. The molecule has 4 nitrogen and oxygen atoms in total. The molecule has 2 aromatic rings. The van der Waals surface area contributed by atoms with Crippen LogP contribution in [0.3, 0.4) is 0 Å². The van der Waals surface area contributed by atoms with Gasteiger partial charge in [-0.15, -0.1) is 11.3 Å². The van der Waals surface area contributed by atoms with E-state index in [1.807, 2.05) is 49.4 Å². The van der Waals surface area contributed by atoms with Gasteiger partial charge in [0.1, 0.15) is 5.75 Å². The van der Waals surface area contributed by atoms with E-state index in [4.69, 9.17) is 4.74 Å². The molecule has 0 unspecified atom stereocenters. The number of hydrogen-bond acceptors (Lipinski definition) is 4. The van der Waals surface area contributed by atoms with E-state index in [1.165, 1.54) is 11.3 Å². The van der Waals surface area contributed by atoms with Gasteiger partial charge in [-0.1, -0.05) is 18.2 Å². The van der Waals surface area contributed by atoms with E-state index < -0.39 is 0 Å². The summed E-state index contributed by atoms with van der Waals surface area (Å²) < 4.78 is 5.54. The largest absolute Gasteiger partial charge is 0.494 e. The van der Waals surface area contributed by atoms with Gasteiger partial charge in [-0.2, -0.15) is 0 Å². The van der Waals surface area contributed by atoms with Gasteiger partial charge in [0.25, 0.3) is 0 Å². The van der Waals surface area contributed by atoms with Crippen LogP contribution >= 0.6 is 11.3 Å². The number of nitrogens with one attached hydrogen (secondary N) is 1. The molecule has 1 amide bonds. The summed E-state index contributed by atoms with van der Waals surface area (Å²) in [5, 5.41) is 2.81. The minimum Gasteiger partial charge on any atom is -0.494 e. The Morgan fingerprint density at radius 3 is 2.57 bits per heavy atom. The number of para-hydroxylation sites is 1. The molecular formula is C18H21NO3S. The first-order valence-corrected chi connectivity index (χ1v) is 8.51. The van der Waals surface area contributed by atoms with Crippen LogP contribution in [0.25, 0.3) is 0 Å². The van der Waals surface area contributed by atoms with E-state index in [-0.39, 0.29) is 24.5 Å². The molecule has 1 aromatic carbocycles. The fraction of sp³-hybridized carbons (Fsp3) is 0.333. The molecule has 1 N–H and O–H groups in total. The highest BCUT2D eigenvalue weighted by Crippen LogP contribution is 2.17. The molecule has 0 fully saturated rings. The van der Waals surface area contributed by atoms with Crippen molar-refractivity contribution in [3.05, 3.63) is 52.2 Å². The molecule has 0 saturated carbocycles. The molecule has 0 saturated heterocycles. The zero-order valence-electron chi connectivity index (χ0n) is 13.2. The number of thiophene rings is 1. The Morgan fingerprint density at radius 1 is 1.09 bits per heavy atom. The fourth-order valence-electron chi connectivity index (χ4n) is 2.03. The second-order valence-electron chi connectivity index (χ2n) is 5.20. The monoisotopic (exact) mass is 331 g/mol. The van der Waals surface area contributed by atoms with Crippen molar-refractivity contribution in [3.8, 4) is 5.75 Å². The van der Waals surface area contributed by atoms with Crippen LogP contribution in [0.5, 0.6) is 5.75 Å². The third-order valence-corrected chi connectivity index (χ3v) is 4.29. The Morgan fingerprint density at radius 2 is 1.87 bits per heavy atom. The molecule has 0 spiro atoms. The smallest absolute Gasteiger partial charge is 0.220 e. The number of ketones is 1. The van der Waals surface area contributed by atoms with Crippen LogP contribution in [0.2, 0.25) is 0 Å². The molecule has 0 aliphatic carbocycles. The lowest BCUT2D eigenvalue weighted by molar-refractivity contribution is -0.121. The summed E-state index contributed by atoms with van der Waals surface area (Å²) in [6.45, 7) is 3.07. The summed E-state index contributed by atoms with van der Waals surface area (Å²) in [4.78, 5) is 25.5. The molecule has 2 rings (SSSR count). The van der Waals surface area contributed by atoms with Crippen molar-refractivity contribution in [2.75, 3.05) is 13.2 Å². The van der Waals surface area contributed by atoms with Crippen molar-refractivity contribution in [1.29, 1.82) is 0 Å². The lowest BCUT2D eigenvalue weighted by atomic mass is 10.2. The van der Waals surface area contributed by atoms with Gasteiger partial charge in [0, 0.05) is 24.3 Å². The zero-order valence-corrected chi connectivity index (χ0v) is 14.0. The number of aryl methyl sites for hydroxylation is 1. The van der Waals surface area contributed by atoms with Crippen LogP contribution in [-0.4, -0.2) is 24.8 Å². The van der Waals surface area contributed by atoms with E-state index in [2.05, 4.69) is 5.32 Å². The number of carbonyl (C=O) groups excluding carboxylic acids is 2. The maximum atomic E-state index is 11.9. The average Bonchev–Trinajstić information content (AvgIpc) is 3.00. The highest BCUT2D eigenvalue weighted by molar-refractivity contribution is 7.14. The van der Waals surface area contributed by atoms with Crippen LogP contribution < -0.4 is 10.1 Å². The van der Waals surface area contributed by atoms with E-state index in [9.17, 15) is 9.59 Å². The van der Waals surface area contributed by atoms with Crippen LogP contribution in [0, 0.1) is 6.92 Å². The Balaban J connectivity index is 1.56. The third-order valence-electron chi connectivity index (χ3n) is 3.25. The van der Waals surface area contributed by atoms with Gasteiger partial charge in [0.05, 0.1) is 11.5 Å². The Bertz CT molecular complexity index is 637. The predicted octanol–water partition coefficient (Wildman–Crippen LogP) is 3.60. The molecule has 0 aliphatic rings. The van der Waals surface area contributed by atoms with E-state index in [0.717, 1.165) is 21.9 Å². The summed E-state index contributed by atoms with van der Waals surface area (Å²) in [7, 11) is 0. The van der Waals surface area contributed by atoms with Crippen LogP contribution in [0.15, 0.2) is 42.5 Å². The van der Waals surface area contributed by atoms with Gasteiger partial charge in [-0.05, 0) is 37.6 Å². The summed E-state index contributed by atoms with van der Waals surface area (Å²) >= 11 is 1.47. The molecule has 0 atom stereocenters. The minimum absolute atomic E-state index is 0.0330. The van der Waals surface area contributed by atoms with Gasteiger partial charge in [-0.3, -0.25) is 9.59 Å². The molecular weight excluding hydrogens is 310 g/mol. The summed E-state index contributed by atoms with van der Waals surface area (Å²) in [6, 6.07) is 13.3. The van der Waals surface area contributed by atoms with Gasteiger partial charge in [-0.25, -0.2) is 0 Å². The summed E-state index contributed by atoms with van der Waals surface area (Å²) in [6.07, 6.45) is 1.22. The Labute approximate surface area is 140 Å². The summed E-state index contributed by atoms with van der Waals surface area (Å²) in [5.41, 5.74) is 0. The topological polar surface area (TPSA) is 55.4 Å². The zero-order chi connectivity index (χ0) is 16.5. The van der Waals surface area contributed by atoms with Gasteiger partial charge < -0.3 is 10.1 Å². The van der Waals surface area contributed by atoms with Crippen molar-refractivity contribution in [3.63, 3.8) is 0 Å². The molecule has 0 radical (unpaired) electrons. The maximum absolute atomic E-state index is 11.9. The molecule has 122 valence electrons. The molecule has 1 aromatic heterocycles. The highest BCUT2D eigenvalue weighted by Gasteiger charge is 2.10. The number of ether oxygens (including phenoxy) is 1. The second-order valence-corrected chi connectivity index (χ2v) is 6.49. The Kier molecular flexibility index (Phi) is 6.81. The maximum Gasteiger partial charge on any atom is 0.220 e. The van der Waals surface area contributed by atoms with Crippen molar-refractivity contribution in [2.24, 2.45) is 0 Å². The summed E-state index contributed by atoms with van der Waals surface area (Å²) in [5.74, 6) is 0.771. The third kappa shape index (κ3) is 6.24. The fourth-order valence-corrected chi connectivity index (χ4v) is 2.86. The average molecular weight is 331 g/mol. The lowest BCUT2D eigenvalue weighted by Gasteiger charge is -2.07. The lowest BCUT2D eigenvalue weighted by Crippen LogP contribution is -2.25. The van der Waals surface area contributed by atoms with Crippen molar-refractivity contribution in [2.45, 2.75) is 26.2 Å². The standard InChI is InChI=1S/C18H21NO3S/c1-14-8-10-17(23-14)16(20)9-11-18(21)19-12-5-13-22-15-6-3-2-4-7-15/h2-4,6-8,10H,5,9,11-13H2,1H3,(H,19,21). The molecule has 5 heteroatoms. The van der Waals surface area contributed by atoms with Crippen LogP contribution in [0.1, 0.15) is 33.8 Å². The van der Waals surface area contributed by atoms with Crippen LogP contribution in [0.4, 0.5) is 0 Å². The van der Waals surface area contributed by atoms with Crippen molar-refractivity contribution < 1.29 is 14.3 Å². The van der Waals surface area contributed by atoms with E-state index in [0.29, 0.717) is 13.2 Å². The van der Waals surface area contributed by atoms with Crippen molar-refractivity contribution in [1.82, 2.24) is 5.32 Å². The Hall–Kier alpha value is -2.14. The number of rotatable bonds is 9. The minimum atomic E-state index is -0.0914. The number of carbonyl (C=O) groups is 2. The number of benzene rings is 1. The van der Waals surface area contributed by atoms with Gasteiger partial charge in [0.15, 0.2) is 5.78 Å². The highest BCUT2D eigenvalue weighted by atomic mass is 32.1. The quantitative estimate of drug-likeness (QED) is 0.564. The van der Waals surface area contributed by atoms with E-state index >= 15 is 0 Å². The molecule has 0 bridgehead atoms. The first kappa shape index (κ1) is 17.2. The first-order chi connectivity index (χ1) is 11.1. The first-order valence-electron chi connectivity index (χ1n) is 7.69. The molecule has 0 aliphatic heterocycles. The van der Waals surface area contributed by atoms with Gasteiger partial charge >= 0.3 is 0 Å². The van der Waals surface area contributed by atoms with Gasteiger partial charge in [0.2, 0.25) is 5.91 Å².